The normalized spacial score (nSPS) is 17.9. The first-order valence-corrected chi connectivity index (χ1v) is 7.44. The van der Waals surface area contributed by atoms with Crippen molar-refractivity contribution >= 4 is 0 Å². The van der Waals surface area contributed by atoms with Crippen LogP contribution in [0.2, 0.25) is 0 Å². The fourth-order valence-electron chi connectivity index (χ4n) is 2.44. The maximum absolute atomic E-state index is 12.1. The number of nitrogens with zero attached hydrogens (tertiary/aromatic N) is 3. The lowest BCUT2D eigenvalue weighted by Crippen LogP contribution is -2.48. The Kier molecular flexibility index (Phi) is 5.63. The van der Waals surface area contributed by atoms with E-state index in [4.69, 9.17) is 0 Å². The molecule has 1 aromatic heterocycles. The first-order chi connectivity index (χ1) is 10.3. The van der Waals surface area contributed by atoms with Gasteiger partial charge in [-0.05, 0) is 19.4 Å². The van der Waals surface area contributed by atoms with E-state index in [9.17, 15) is 13.2 Å². The molecule has 1 saturated heterocycles. The van der Waals surface area contributed by atoms with E-state index < -0.39 is 12.8 Å². The lowest BCUT2D eigenvalue weighted by Gasteiger charge is -2.36. The summed E-state index contributed by atoms with van der Waals surface area (Å²) in [4.78, 5) is 8.69. The summed E-state index contributed by atoms with van der Waals surface area (Å²) >= 11 is 0. The van der Waals surface area contributed by atoms with Gasteiger partial charge in [-0.2, -0.15) is 13.2 Å². The highest BCUT2D eigenvalue weighted by molar-refractivity contribution is 5.18. The Morgan fingerprint density at radius 2 is 1.86 bits per heavy atom. The molecule has 124 valence electrons. The average Bonchev–Trinajstić information content (AvgIpc) is 2.46. The highest BCUT2D eigenvalue weighted by Gasteiger charge is 2.28. The standard InChI is InChI=1S/C15H22F3N3O/c1-12(2)21-7-5-20(6-8-21)10-13-3-4-14(19-9-13)22-11-15(16,17)18/h3-4,9,12H,5-8,10-11H2,1-2H3. The molecule has 22 heavy (non-hydrogen) atoms. The maximum atomic E-state index is 12.1. The molecule has 0 bridgehead atoms. The lowest BCUT2D eigenvalue weighted by molar-refractivity contribution is -0.154. The van der Waals surface area contributed by atoms with Crippen LogP contribution in [0.5, 0.6) is 5.88 Å². The molecule has 1 fully saturated rings. The average molecular weight is 317 g/mol. The van der Waals surface area contributed by atoms with Gasteiger partial charge < -0.3 is 4.74 Å². The molecule has 0 saturated carbocycles. The summed E-state index contributed by atoms with van der Waals surface area (Å²) in [5.41, 5.74) is 0.984. The van der Waals surface area contributed by atoms with Crippen LogP contribution in [-0.4, -0.2) is 59.8 Å². The topological polar surface area (TPSA) is 28.6 Å². The Balaban J connectivity index is 1.79. The van der Waals surface area contributed by atoms with Gasteiger partial charge in [0.05, 0.1) is 0 Å². The van der Waals surface area contributed by atoms with Gasteiger partial charge in [0.25, 0.3) is 0 Å². The van der Waals surface area contributed by atoms with Crippen LogP contribution < -0.4 is 4.74 Å². The van der Waals surface area contributed by atoms with Crippen molar-refractivity contribution in [2.45, 2.75) is 32.6 Å². The van der Waals surface area contributed by atoms with Crippen molar-refractivity contribution in [2.24, 2.45) is 0 Å². The van der Waals surface area contributed by atoms with Gasteiger partial charge in [0.2, 0.25) is 5.88 Å². The van der Waals surface area contributed by atoms with Crippen molar-refractivity contribution < 1.29 is 17.9 Å². The zero-order valence-electron chi connectivity index (χ0n) is 12.9. The largest absolute Gasteiger partial charge is 0.468 e. The van der Waals surface area contributed by atoms with E-state index in [-0.39, 0.29) is 5.88 Å². The highest BCUT2D eigenvalue weighted by Crippen LogP contribution is 2.17. The minimum absolute atomic E-state index is 0.00528. The number of ether oxygens (including phenoxy) is 1. The van der Waals surface area contributed by atoms with Gasteiger partial charge in [0.15, 0.2) is 6.61 Å². The quantitative estimate of drug-likeness (QED) is 0.834. The molecule has 0 aliphatic carbocycles. The van der Waals surface area contributed by atoms with E-state index in [0.29, 0.717) is 6.04 Å². The molecular formula is C15H22F3N3O. The second-order valence-electron chi connectivity index (χ2n) is 5.81. The first kappa shape index (κ1) is 17.0. The van der Waals surface area contributed by atoms with Crippen LogP contribution in [0.4, 0.5) is 13.2 Å². The van der Waals surface area contributed by atoms with Crippen molar-refractivity contribution in [3.05, 3.63) is 23.9 Å². The molecule has 0 atom stereocenters. The van der Waals surface area contributed by atoms with Gasteiger partial charge in [0, 0.05) is 51.0 Å². The summed E-state index contributed by atoms with van der Waals surface area (Å²) in [5.74, 6) is 0.00528. The highest BCUT2D eigenvalue weighted by atomic mass is 19.4. The van der Waals surface area contributed by atoms with Gasteiger partial charge in [-0.3, -0.25) is 9.80 Å². The van der Waals surface area contributed by atoms with Gasteiger partial charge in [-0.15, -0.1) is 0 Å². The van der Waals surface area contributed by atoms with Gasteiger partial charge >= 0.3 is 6.18 Å². The number of halogens is 3. The predicted octanol–water partition coefficient (Wildman–Crippen LogP) is 2.55. The fraction of sp³-hybridized carbons (Fsp3) is 0.667. The number of rotatable bonds is 5. The van der Waals surface area contributed by atoms with Crippen molar-refractivity contribution in [1.82, 2.24) is 14.8 Å². The number of aromatic nitrogens is 1. The van der Waals surface area contributed by atoms with Crippen molar-refractivity contribution in [3.63, 3.8) is 0 Å². The Bertz CT molecular complexity index is 454. The third-order valence-corrected chi connectivity index (χ3v) is 3.72. The van der Waals surface area contributed by atoms with Crippen LogP contribution in [-0.2, 0) is 6.54 Å². The van der Waals surface area contributed by atoms with Gasteiger partial charge in [0.1, 0.15) is 0 Å². The molecule has 0 radical (unpaired) electrons. The molecule has 1 aliphatic rings. The second-order valence-corrected chi connectivity index (χ2v) is 5.81. The molecule has 0 aromatic carbocycles. The minimum atomic E-state index is -4.34. The molecule has 1 aliphatic heterocycles. The third-order valence-electron chi connectivity index (χ3n) is 3.72. The van der Waals surface area contributed by atoms with Gasteiger partial charge in [-0.25, -0.2) is 4.98 Å². The Morgan fingerprint density at radius 3 is 2.36 bits per heavy atom. The van der Waals surface area contributed by atoms with Crippen molar-refractivity contribution in [1.29, 1.82) is 0 Å². The van der Waals surface area contributed by atoms with Gasteiger partial charge in [-0.1, -0.05) is 6.07 Å². The van der Waals surface area contributed by atoms with Crippen LogP contribution in [0.15, 0.2) is 18.3 Å². The number of hydrogen-bond donors (Lipinski definition) is 0. The Morgan fingerprint density at radius 1 is 1.18 bits per heavy atom. The fourth-order valence-corrected chi connectivity index (χ4v) is 2.44. The number of pyridine rings is 1. The second kappa shape index (κ2) is 7.28. The van der Waals surface area contributed by atoms with Crippen LogP contribution >= 0.6 is 0 Å². The number of alkyl halides is 3. The third kappa shape index (κ3) is 5.46. The maximum Gasteiger partial charge on any atom is 0.422 e. The summed E-state index contributed by atoms with van der Waals surface area (Å²) in [5, 5.41) is 0. The van der Waals surface area contributed by atoms with Crippen molar-refractivity contribution in [2.75, 3.05) is 32.8 Å². The monoisotopic (exact) mass is 317 g/mol. The van der Waals surface area contributed by atoms with E-state index >= 15 is 0 Å². The van der Waals surface area contributed by atoms with E-state index in [1.807, 2.05) is 0 Å². The number of hydrogen-bond acceptors (Lipinski definition) is 4. The predicted molar refractivity (Wildman–Crippen MR) is 77.8 cm³/mol. The molecule has 1 aromatic rings. The van der Waals surface area contributed by atoms with E-state index in [0.717, 1.165) is 38.3 Å². The van der Waals surface area contributed by atoms with E-state index in [1.54, 1.807) is 12.3 Å². The zero-order valence-corrected chi connectivity index (χ0v) is 12.9. The Labute approximate surface area is 128 Å². The molecule has 0 spiro atoms. The van der Waals surface area contributed by atoms with Crippen LogP contribution in [0.3, 0.4) is 0 Å². The molecule has 2 heterocycles. The molecule has 0 N–H and O–H groups in total. The SMILES string of the molecule is CC(C)N1CCN(Cc2ccc(OCC(F)(F)F)nc2)CC1. The smallest absolute Gasteiger partial charge is 0.422 e. The minimum Gasteiger partial charge on any atom is -0.468 e. The summed E-state index contributed by atoms with van der Waals surface area (Å²) in [7, 11) is 0. The summed E-state index contributed by atoms with van der Waals surface area (Å²) in [6.45, 7) is 7.90. The zero-order chi connectivity index (χ0) is 16.2. The molecule has 0 amide bonds. The molecule has 7 heteroatoms. The summed E-state index contributed by atoms with van der Waals surface area (Å²) in [6.07, 6.45) is -2.75. The number of piperazine rings is 1. The molecule has 4 nitrogen and oxygen atoms in total. The summed E-state index contributed by atoms with van der Waals surface area (Å²) < 4.78 is 40.8. The molecule has 2 rings (SSSR count). The van der Waals surface area contributed by atoms with Crippen LogP contribution in [0.25, 0.3) is 0 Å². The van der Waals surface area contributed by atoms with E-state index in [1.165, 1.54) is 6.07 Å². The van der Waals surface area contributed by atoms with Crippen molar-refractivity contribution in [3.8, 4) is 5.88 Å². The van der Waals surface area contributed by atoms with E-state index in [2.05, 4.69) is 33.4 Å². The molecule has 0 unspecified atom stereocenters. The lowest BCUT2D eigenvalue weighted by atomic mass is 10.2. The molecular weight excluding hydrogens is 295 g/mol. The Hall–Kier alpha value is -1.34. The first-order valence-electron chi connectivity index (χ1n) is 7.44. The van der Waals surface area contributed by atoms with Crippen LogP contribution in [0.1, 0.15) is 19.4 Å². The van der Waals surface area contributed by atoms with Crippen LogP contribution in [0, 0.1) is 0 Å². The summed E-state index contributed by atoms with van der Waals surface area (Å²) in [6, 6.07) is 3.83.